The molecular formula is C27H29ClN6O4. The molecule has 0 radical (unpaired) electrons. The quantitative estimate of drug-likeness (QED) is 0.393. The van der Waals surface area contributed by atoms with Gasteiger partial charge in [0.2, 0.25) is 5.89 Å². The van der Waals surface area contributed by atoms with Crippen molar-refractivity contribution >= 4 is 23.3 Å². The van der Waals surface area contributed by atoms with Crippen molar-refractivity contribution in [1.82, 2.24) is 29.7 Å². The fourth-order valence-electron chi connectivity index (χ4n) is 5.19. The molecule has 10 nitrogen and oxygen atoms in total. The fraction of sp³-hybridized carbons (Fsp3) is 0.444. The molecule has 6 rings (SSSR count). The van der Waals surface area contributed by atoms with Crippen molar-refractivity contribution in [2.45, 2.75) is 63.4 Å². The molecule has 3 aromatic heterocycles. The van der Waals surface area contributed by atoms with Gasteiger partial charge in [0.25, 0.3) is 11.4 Å². The van der Waals surface area contributed by atoms with Crippen LogP contribution in [0.5, 0.6) is 0 Å². The molecule has 0 unspecified atom stereocenters. The second kappa shape index (κ2) is 8.97. The van der Waals surface area contributed by atoms with Crippen molar-refractivity contribution in [3.8, 4) is 11.5 Å². The van der Waals surface area contributed by atoms with E-state index in [1.165, 1.54) is 0 Å². The van der Waals surface area contributed by atoms with Gasteiger partial charge in [0.05, 0.1) is 17.3 Å². The van der Waals surface area contributed by atoms with E-state index >= 15 is 0 Å². The lowest BCUT2D eigenvalue weighted by atomic mass is 9.93. The van der Waals surface area contributed by atoms with Gasteiger partial charge in [-0.2, -0.15) is 5.10 Å². The minimum Gasteiger partial charge on any atom is -0.444 e. The molecular weight excluding hydrogens is 508 g/mol. The van der Waals surface area contributed by atoms with E-state index in [1.807, 2.05) is 45.0 Å². The highest BCUT2D eigenvalue weighted by Gasteiger charge is 2.50. The lowest BCUT2D eigenvalue weighted by Gasteiger charge is -2.33. The van der Waals surface area contributed by atoms with E-state index in [0.717, 1.165) is 24.1 Å². The molecule has 38 heavy (non-hydrogen) atoms. The maximum absolute atomic E-state index is 12.7. The van der Waals surface area contributed by atoms with Gasteiger partial charge < -0.3 is 19.0 Å². The van der Waals surface area contributed by atoms with E-state index in [0.29, 0.717) is 53.9 Å². The van der Waals surface area contributed by atoms with E-state index in [2.05, 4.69) is 20.3 Å². The highest BCUT2D eigenvalue weighted by molar-refractivity contribution is 6.30. The summed E-state index contributed by atoms with van der Waals surface area (Å²) in [6.07, 6.45) is 4.54. The van der Waals surface area contributed by atoms with Gasteiger partial charge in [-0.15, -0.1) is 10.2 Å². The molecule has 4 heterocycles. The van der Waals surface area contributed by atoms with E-state index in [4.69, 9.17) is 20.8 Å². The first-order chi connectivity index (χ1) is 18.1. The van der Waals surface area contributed by atoms with E-state index in [-0.39, 0.29) is 23.0 Å². The summed E-state index contributed by atoms with van der Waals surface area (Å²) in [5.74, 6) is 0.911. The van der Waals surface area contributed by atoms with Crippen LogP contribution >= 0.6 is 11.6 Å². The second-order valence-electron chi connectivity index (χ2n) is 11.1. The summed E-state index contributed by atoms with van der Waals surface area (Å²) in [5, 5.41) is 13.9. The molecule has 0 spiro atoms. The van der Waals surface area contributed by atoms with Crippen molar-refractivity contribution in [3.63, 3.8) is 0 Å². The lowest BCUT2D eigenvalue weighted by Crippen LogP contribution is -2.41. The van der Waals surface area contributed by atoms with Gasteiger partial charge in [0, 0.05) is 30.1 Å². The number of likely N-dealkylation sites (tertiary alicyclic amines) is 1. The maximum atomic E-state index is 12.7. The monoisotopic (exact) mass is 536 g/mol. The molecule has 1 saturated heterocycles. The molecule has 2 fully saturated rings. The highest BCUT2D eigenvalue weighted by Crippen LogP contribution is 2.53. The van der Waals surface area contributed by atoms with E-state index in [9.17, 15) is 9.59 Å². The van der Waals surface area contributed by atoms with E-state index in [1.54, 1.807) is 21.7 Å². The van der Waals surface area contributed by atoms with Crippen LogP contribution in [-0.2, 0) is 10.2 Å². The summed E-state index contributed by atoms with van der Waals surface area (Å²) >= 11 is 6.07. The van der Waals surface area contributed by atoms with Crippen molar-refractivity contribution in [2.75, 3.05) is 13.1 Å². The van der Waals surface area contributed by atoms with Gasteiger partial charge in [0.1, 0.15) is 16.8 Å². The molecule has 1 N–H and O–H groups in total. The third-order valence-corrected chi connectivity index (χ3v) is 7.56. The SMILES string of the molecule is CC(C)(C)OC(=O)N1CCC(c2cc(=O)[nH]c3c(-c4nnc(C5(c6ccc(Cl)cc6)CC5)o4)cnn23)CC1. The van der Waals surface area contributed by atoms with Gasteiger partial charge in [-0.25, -0.2) is 9.31 Å². The molecule has 1 amide bonds. The zero-order valence-electron chi connectivity index (χ0n) is 21.5. The molecule has 1 aromatic carbocycles. The number of H-pyrrole nitrogens is 1. The minimum absolute atomic E-state index is 0.0594. The third-order valence-electron chi connectivity index (χ3n) is 7.31. The summed E-state index contributed by atoms with van der Waals surface area (Å²) in [6.45, 7) is 6.65. The number of nitrogens with zero attached hydrogens (tertiary/aromatic N) is 5. The zero-order chi connectivity index (χ0) is 26.7. The smallest absolute Gasteiger partial charge is 0.410 e. The van der Waals surface area contributed by atoms with Crippen LogP contribution in [0.4, 0.5) is 4.79 Å². The number of aromatic amines is 1. The number of ether oxygens (including phenoxy) is 1. The Morgan fingerprint density at radius 2 is 1.87 bits per heavy atom. The summed E-state index contributed by atoms with van der Waals surface area (Å²) < 4.78 is 13.4. The first-order valence-electron chi connectivity index (χ1n) is 12.8. The van der Waals surface area contributed by atoms with Crippen LogP contribution in [0.2, 0.25) is 5.02 Å². The zero-order valence-corrected chi connectivity index (χ0v) is 22.3. The van der Waals surface area contributed by atoms with Gasteiger partial charge in [0.15, 0.2) is 0 Å². The number of nitrogens with one attached hydrogen (secondary N) is 1. The molecule has 0 atom stereocenters. The Labute approximate surface area is 224 Å². The number of carbonyl (C=O) groups excluding carboxylic acids is 1. The lowest BCUT2D eigenvalue weighted by molar-refractivity contribution is 0.0203. The summed E-state index contributed by atoms with van der Waals surface area (Å²) in [4.78, 5) is 29.8. The fourth-order valence-corrected chi connectivity index (χ4v) is 5.32. The summed E-state index contributed by atoms with van der Waals surface area (Å²) in [7, 11) is 0. The number of fused-ring (bicyclic) bond motifs is 1. The van der Waals surface area contributed by atoms with Crippen LogP contribution in [0.15, 0.2) is 45.7 Å². The van der Waals surface area contributed by atoms with Crippen molar-refractivity contribution in [1.29, 1.82) is 0 Å². The Kier molecular flexibility index (Phi) is 5.82. The van der Waals surface area contributed by atoms with Crippen LogP contribution < -0.4 is 5.56 Å². The molecule has 0 bridgehead atoms. The summed E-state index contributed by atoms with van der Waals surface area (Å²) in [5.41, 5.74) is 1.88. The largest absolute Gasteiger partial charge is 0.444 e. The third kappa shape index (κ3) is 4.47. The predicted molar refractivity (Wildman–Crippen MR) is 140 cm³/mol. The Morgan fingerprint density at radius 3 is 2.53 bits per heavy atom. The normalized spacial score (nSPS) is 17.6. The first-order valence-corrected chi connectivity index (χ1v) is 13.2. The molecule has 1 saturated carbocycles. The Bertz CT molecular complexity index is 1550. The molecule has 2 aliphatic rings. The standard InChI is InChI=1S/C27H29ClN6O4/c1-26(2,3)38-25(36)33-12-8-16(9-13-33)20-14-21(35)30-22-19(15-29-34(20)22)23-31-32-24(37-23)27(10-11-27)17-4-6-18(28)7-5-17/h4-7,14-16H,8-13H2,1-3H3,(H,30,35). The number of hydrogen-bond donors (Lipinski definition) is 1. The van der Waals surface area contributed by atoms with Crippen LogP contribution in [0.1, 0.15) is 69.5 Å². The minimum atomic E-state index is -0.541. The predicted octanol–water partition coefficient (Wildman–Crippen LogP) is 4.92. The number of benzene rings is 1. The van der Waals surface area contributed by atoms with E-state index < -0.39 is 5.60 Å². The number of rotatable bonds is 4. The highest BCUT2D eigenvalue weighted by atomic mass is 35.5. The van der Waals surface area contributed by atoms with Crippen LogP contribution in [0.3, 0.4) is 0 Å². The van der Waals surface area contributed by atoms with Crippen LogP contribution in [0.25, 0.3) is 17.1 Å². The number of hydrogen-bond acceptors (Lipinski definition) is 7. The van der Waals surface area contributed by atoms with Crippen molar-refractivity contribution in [2.24, 2.45) is 0 Å². The molecule has 1 aliphatic carbocycles. The number of carbonyl (C=O) groups is 1. The second-order valence-corrected chi connectivity index (χ2v) is 11.6. The van der Waals surface area contributed by atoms with Gasteiger partial charge in [-0.05, 0) is 64.2 Å². The Morgan fingerprint density at radius 1 is 1.16 bits per heavy atom. The van der Waals surface area contributed by atoms with Crippen LogP contribution in [0, 0.1) is 0 Å². The molecule has 11 heteroatoms. The Hall–Kier alpha value is -3.66. The van der Waals surface area contributed by atoms with Gasteiger partial charge in [-0.1, -0.05) is 23.7 Å². The average molecular weight is 537 g/mol. The van der Waals surface area contributed by atoms with Crippen molar-refractivity contribution < 1.29 is 13.9 Å². The topological polar surface area (TPSA) is 119 Å². The first kappa shape index (κ1) is 24.7. The average Bonchev–Trinajstić information content (AvgIpc) is 3.33. The number of piperidine rings is 1. The maximum Gasteiger partial charge on any atom is 0.410 e. The summed E-state index contributed by atoms with van der Waals surface area (Å²) in [6, 6.07) is 9.29. The molecule has 4 aromatic rings. The van der Waals surface area contributed by atoms with Crippen molar-refractivity contribution in [3.05, 3.63) is 69.1 Å². The number of amides is 1. The number of aromatic nitrogens is 5. The van der Waals surface area contributed by atoms with Crippen LogP contribution in [-0.4, -0.2) is 54.5 Å². The number of halogens is 1. The molecule has 198 valence electrons. The Balaban J connectivity index is 1.26. The van der Waals surface area contributed by atoms with Gasteiger partial charge >= 0.3 is 6.09 Å². The van der Waals surface area contributed by atoms with Gasteiger partial charge in [-0.3, -0.25) is 4.79 Å². The molecule has 1 aliphatic heterocycles.